The Bertz CT molecular complexity index is 812. The van der Waals surface area contributed by atoms with Crippen LogP contribution >= 0.6 is 0 Å². The predicted octanol–water partition coefficient (Wildman–Crippen LogP) is 2.72. The highest BCUT2D eigenvalue weighted by Crippen LogP contribution is 2.25. The van der Waals surface area contributed by atoms with Gasteiger partial charge in [-0.3, -0.25) is 9.78 Å². The summed E-state index contributed by atoms with van der Waals surface area (Å²) in [7, 11) is 0. The van der Waals surface area contributed by atoms with E-state index in [1.807, 2.05) is 41.2 Å². The minimum atomic E-state index is 0.103. The molecule has 144 valence electrons. The Kier molecular flexibility index (Phi) is 6.32. The zero-order chi connectivity index (χ0) is 19.1. The molecular weight excluding hydrogens is 344 g/mol. The van der Waals surface area contributed by atoms with Crippen LogP contribution in [0.3, 0.4) is 0 Å². The van der Waals surface area contributed by atoms with Crippen molar-refractivity contribution < 1.29 is 9.84 Å². The minimum Gasteiger partial charge on any atom is -0.482 e. The molecule has 0 spiro atoms. The van der Waals surface area contributed by atoms with Gasteiger partial charge in [-0.05, 0) is 25.0 Å². The number of aromatic amines is 1. The number of ether oxygens (including phenoxy) is 1. The SMILES string of the molecule is CCCC(CCO)Nc1nc(N)ncc1OCc1cn(-c2ccccc2)[nH]1. The van der Waals surface area contributed by atoms with Gasteiger partial charge < -0.3 is 20.9 Å². The molecule has 2 aromatic heterocycles. The van der Waals surface area contributed by atoms with E-state index < -0.39 is 0 Å². The number of H-pyrrole nitrogens is 1. The molecule has 0 saturated carbocycles. The van der Waals surface area contributed by atoms with Crippen LogP contribution < -0.4 is 15.8 Å². The molecule has 5 N–H and O–H groups in total. The summed E-state index contributed by atoms with van der Waals surface area (Å²) in [5.41, 5.74) is 7.74. The zero-order valence-electron chi connectivity index (χ0n) is 15.4. The van der Waals surface area contributed by atoms with Gasteiger partial charge in [0.05, 0.1) is 23.8 Å². The fourth-order valence-corrected chi connectivity index (χ4v) is 2.84. The number of anilines is 2. The van der Waals surface area contributed by atoms with E-state index >= 15 is 0 Å². The van der Waals surface area contributed by atoms with Gasteiger partial charge in [0.1, 0.15) is 6.61 Å². The molecule has 3 aromatic rings. The van der Waals surface area contributed by atoms with Crippen molar-refractivity contribution in [2.45, 2.75) is 38.8 Å². The van der Waals surface area contributed by atoms with Gasteiger partial charge in [-0.1, -0.05) is 31.5 Å². The number of aliphatic hydroxyl groups is 1. The van der Waals surface area contributed by atoms with Gasteiger partial charge in [0.15, 0.2) is 11.6 Å². The lowest BCUT2D eigenvalue weighted by molar-refractivity contribution is 0.275. The van der Waals surface area contributed by atoms with E-state index in [-0.39, 0.29) is 18.6 Å². The standard InChI is InChI=1S/C19H26N6O2/c1-2-6-14(9-10-26)22-18-17(11-21-19(20)23-18)27-13-15-12-25(24-15)16-7-4-3-5-8-16/h3-5,7-8,11-12,14,24,26H,2,6,9-10,13H2,1H3,(H3,20,21,22,23). The first-order valence-electron chi connectivity index (χ1n) is 9.14. The third kappa shape index (κ3) is 5.01. The molecule has 0 radical (unpaired) electrons. The average molecular weight is 370 g/mol. The van der Waals surface area contributed by atoms with Gasteiger partial charge in [-0.25, -0.2) is 4.98 Å². The molecule has 3 rings (SSSR count). The Labute approximate surface area is 158 Å². The largest absolute Gasteiger partial charge is 0.482 e. The Morgan fingerprint density at radius 2 is 2.07 bits per heavy atom. The third-order valence-electron chi connectivity index (χ3n) is 4.20. The third-order valence-corrected chi connectivity index (χ3v) is 4.20. The summed E-state index contributed by atoms with van der Waals surface area (Å²) < 4.78 is 7.80. The monoisotopic (exact) mass is 370 g/mol. The molecule has 8 nitrogen and oxygen atoms in total. The first-order chi connectivity index (χ1) is 13.2. The Morgan fingerprint density at radius 1 is 1.30 bits per heavy atom. The summed E-state index contributed by atoms with van der Waals surface area (Å²) in [5, 5.41) is 15.8. The van der Waals surface area contributed by atoms with Crippen LogP contribution in [-0.4, -0.2) is 37.5 Å². The van der Waals surface area contributed by atoms with E-state index in [0.29, 0.717) is 24.6 Å². The number of aromatic nitrogens is 4. The Morgan fingerprint density at radius 3 is 2.78 bits per heavy atom. The smallest absolute Gasteiger partial charge is 0.222 e. The van der Waals surface area contributed by atoms with Gasteiger partial charge in [0, 0.05) is 12.6 Å². The summed E-state index contributed by atoms with van der Waals surface area (Å²) >= 11 is 0. The normalized spacial score (nSPS) is 12.1. The second kappa shape index (κ2) is 9.09. The van der Waals surface area contributed by atoms with Crippen LogP contribution in [0.15, 0.2) is 42.7 Å². The number of rotatable bonds is 10. The fourth-order valence-electron chi connectivity index (χ4n) is 2.84. The number of nitrogen functional groups attached to an aromatic ring is 1. The van der Waals surface area contributed by atoms with E-state index in [9.17, 15) is 5.11 Å². The maximum absolute atomic E-state index is 9.25. The Balaban J connectivity index is 1.64. The highest BCUT2D eigenvalue weighted by atomic mass is 16.5. The van der Waals surface area contributed by atoms with Crippen molar-refractivity contribution in [2.24, 2.45) is 0 Å². The summed E-state index contributed by atoms with van der Waals surface area (Å²) in [6, 6.07) is 10.1. The molecule has 0 amide bonds. The van der Waals surface area contributed by atoms with Crippen molar-refractivity contribution in [3.05, 3.63) is 48.4 Å². The second-order valence-electron chi connectivity index (χ2n) is 6.34. The maximum atomic E-state index is 9.25. The summed E-state index contributed by atoms with van der Waals surface area (Å²) in [6.07, 6.45) is 6.10. The number of benzene rings is 1. The highest BCUT2D eigenvalue weighted by molar-refractivity contribution is 5.51. The lowest BCUT2D eigenvalue weighted by Crippen LogP contribution is -2.22. The number of aliphatic hydroxyl groups excluding tert-OH is 1. The molecule has 0 fully saturated rings. The van der Waals surface area contributed by atoms with Crippen molar-refractivity contribution in [1.82, 2.24) is 19.7 Å². The van der Waals surface area contributed by atoms with Crippen LogP contribution in [0.25, 0.3) is 5.69 Å². The number of nitrogens with zero attached hydrogens (tertiary/aromatic N) is 3. The molecule has 1 atom stereocenters. The van der Waals surface area contributed by atoms with Gasteiger partial charge in [0.2, 0.25) is 5.95 Å². The topological polar surface area (TPSA) is 114 Å². The van der Waals surface area contributed by atoms with E-state index in [2.05, 4.69) is 27.3 Å². The lowest BCUT2D eigenvalue weighted by atomic mass is 10.1. The molecule has 1 aromatic carbocycles. The Hall–Kier alpha value is -3.00. The van der Waals surface area contributed by atoms with Crippen molar-refractivity contribution in [3.63, 3.8) is 0 Å². The first-order valence-corrected chi connectivity index (χ1v) is 9.14. The summed E-state index contributed by atoms with van der Waals surface area (Å²) in [5.74, 6) is 1.26. The second-order valence-corrected chi connectivity index (χ2v) is 6.34. The quantitative estimate of drug-likeness (QED) is 0.436. The zero-order valence-corrected chi connectivity index (χ0v) is 15.4. The van der Waals surface area contributed by atoms with Crippen LogP contribution in [0, 0.1) is 0 Å². The van der Waals surface area contributed by atoms with E-state index in [1.54, 1.807) is 6.20 Å². The van der Waals surface area contributed by atoms with Gasteiger partial charge >= 0.3 is 0 Å². The number of nitrogens with one attached hydrogen (secondary N) is 2. The highest BCUT2D eigenvalue weighted by Gasteiger charge is 2.14. The van der Waals surface area contributed by atoms with Crippen molar-refractivity contribution in [1.29, 1.82) is 0 Å². The molecule has 0 saturated heterocycles. The molecule has 1 unspecified atom stereocenters. The average Bonchev–Trinajstić information content (AvgIpc) is 2.63. The molecule has 8 heteroatoms. The van der Waals surface area contributed by atoms with Crippen LogP contribution in [-0.2, 0) is 6.61 Å². The molecule has 27 heavy (non-hydrogen) atoms. The molecule has 0 bridgehead atoms. The number of para-hydroxylation sites is 1. The van der Waals surface area contributed by atoms with Crippen molar-refractivity contribution in [2.75, 3.05) is 17.7 Å². The summed E-state index contributed by atoms with van der Waals surface area (Å²) in [6.45, 7) is 2.58. The lowest BCUT2D eigenvalue weighted by Gasteiger charge is -2.20. The van der Waals surface area contributed by atoms with Crippen molar-refractivity contribution >= 4 is 11.8 Å². The molecule has 2 heterocycles. The first kappa shape index (κ1) is 18.8. The number of hydrogen-bond acceptors (Lipinski definition) is 6. The molecule has 0 aliphatic rings. The minimum absolute atomic E-state index is 0.103. The van der Waals surface area contributed by atoms with Crippen LogP contribution in [0.1, 0.15) is 31.9 Å². The number of hydrogen-bond donors (Lipinski definition) is 4. The molecule has 0 aliphatic carbocycles. The predicted molar refractivity (Wildman–Crippen MR) is 105 cm³/mol. The fraction of sp³-hybridized carbons (Fsp3) is 0.368. The molecule has 0 aliphatic heterocycles. The summed E-state index contributed by atoms with van der Waals surface area (Å²) in [4.78, 5) is 8.29. The van der Waals surface area contributed by atoms with E-state index in [4.69, 9.17) is 10.5 Å². The van der Waals surface area contributed by atoms with E-state index in [0.717, 1.165) is 24.2 Å². The van der Waals surface area contributed by atoms with Gasteiger partial charge in [-0.15, -0.1) is 0 Å². The number of nitrogens with two attached hydrogens (primary N) is 1. The van der Waals surface area contributed by atoms with Crippen LogP contribution in [0.2, 0.25) is 0 Å². The van der Waals surface area contributed by atoms with Gasteiger partial charge in [0.25, 0.3) is 0 Å². The van der Waals surface area contributed by atoms with E-state index in [1.165, 1.54) is 0 Å². The van der Waals surface area contributed by atoms with Crippen molar-refractivity contribution in [3.8, 4) is 11.4 Å². The maximum Gasteiger partial charge on any atom is 0.222 e. The molecular formula is C19H26N6O2. The van der Waals surface area contributed by atoms with Crippen LogP contribution in [0.4, 0.5) is 11.8 Å². The van der Waals surface area contributed by atoms with Gasteiger partial charge in [-0.2, -0.15) is 4.98 Å². The van der Waals surface area contributed by atoms with Crippen LogP contribution in [0.5, 0.6) is 5.75 Å².